The van der Waals surface area contributed by atoms with Crippen LogP contribution in [0, 0.1) is 5.92 Å². The lowest BCUT2D eigenvalue weighted by atomic mass is 9.84. The Balaban J connectivity index is 1.05. The summed E-state index contributed by atoms with van der Waals surface area (Å²) in [5, 5.41) is 8.01. The summed E-state index contributed by atoms with van der Waals surface area (Å²) in [5.74, 6) is 1.54. The molecule has 1 N–H and O–H groups in total. The average Bonchev–Trinajstić information content (AvgIpc) is 3.48. The van der Waals surface area contributed by atoms with Gasteiger partial charge in [0.25, 0.3) is 5.91 Å². The van der Waals surface area contributed by atoms with Gasteiger partial charge in [-0.15, -0.1) is 0 Å². The molecule has 4 aliphatic rings. The van der Waals surface area contributed by atoms with E-state index in [9.17, 15) is 9.59 Å². The van der Waals surface area contributed by atoms with E-state index in [1.807, 2.05) is 41.1 Å². The summed E-state index contributed by atoms with van der Waals surface area (Å²) in [4.78, 5) is 31.6. The molecule has 0 bridgehead atoms. The predicted molar refractivity (Wildman–Crippen MR) is 171 cm³/mol. The summed E-state index contributed by atoms with van der Waals surface area (Å²) < 4.78 is 12.8. The number of carbonyl (C=O) groups is 2. The van der Waals surface area contributed by atoms with Crippen molar-refractivity contribution in [2.75, 3.05) is 40.4 Å². The summed E-state index contributed by atoms with van der Waals surface area (Å²) in [6, 6.07) is 8.41. The van der Waals surface area contributed by atoms with E-state index in [0.29, 0.717) is 29.1 Å². The summed E-state index contributed by atoms with van der Waals surface area (Å²) in [7, 11) is 3.24. The van der Waals surface area contributed by atoms with E-state index in [0.717, 1.165) is 81.4 Å². The molecule has 3 fully saturated rings. The van der Waals surface area contributed by atoms with E-state index in [4.69, 9.17) is 14.6 Å². The molecular weight excluding hydrogens is 554 g/mol. The summed E-state index contributed by atoms with van der Waals surface area (Å²) >= 11 is 0. The Labute approximate surface area is 261 Å². The van der Waals surface area contributed by atoms with E-state index < -0.39 is 0 Å². The number of fused-ring (bicyclic) bond motifs is 1. The number of amides is 2. The highest BCUT2D eigenvalue weighted by Crippen LogP contribution is 2.33. The Kier molecular flexibility index (Phi) is 9.69. The van der Waals surface area contributed by atoms with Gasteiger partial charge in [0.05, 0.1) is 19.9 Å². The van der Waals surface area contributed by atoms with Crippen molar-refractivity contribution in [2.45, 2.75) is 82.7 Å². The molecule has 44 heavy (non-hydrogen) atoms. The van der Waals surface area contributed by atoms with E-state index >= 15 is 0 Å². The Hall–Kier alpha value is -3.59. The molecule has 236 valence electrons. The molecule has 2 aromatic rings. The molecule has 1 aliphatic carbocycles. The molecule has 2 saturated heterocycles. The van der Waals surface area contributed by atoms with Gasteiger partial charge in [-0.3, -0.25) is 9.59 Å². The molecule has 0 atom stereocenters. The van der Waals surface area contributed by atoms with Crippen molar-refractivity contribution in [3.63, 3.8) is 0 Å². The van der Waals surface area contributed by atoms with Gasteiger partial charge in [-0.25, -0.2) is 4.68 Å². The van der Waals surface area contributed by atoms with Gasteiger partial charge >= 0.3 is 0 Å². The van der Waals surface area contributed by atoms with Crippen molar-refractivity contribution in [2.24, 2.45) is 5.92 Å². The van der Waals surface area contributed by atoms with Crippen molar-refractivity contribution in [3.8, 4) is 11.5 Å². The number of nitrogens with zero attached hydrogens (tertiary/aromatic N) is 4. The molecule has 9 nitrogen and oxygen atoms in total. The van der Waals surface area contributed by atoms with Gasteiger partial charge in [0.15, 0.2) is 17.2 Å². The predicted octanol–water partition coefficient (Wildman–Crippen LogP) is 5.06. The second kappa shape index (κ2) is 14.0. The fourth-order valence-electron chi connectivity index (χ4n) is 7.43. The molecule has 0 spiro atoms. The van der Waals surface area contributed by atoms with Gasteiger partial charge in [-0.2, -0.15) is 5.10 Å². The third-order valence-corrected chi connectivity index (χ3v) is 9.98. The number of methoxy groups -OCH3 is 2. The van der Waals surface area contributed by atoms with E-state index in [1.54, 1.807) is 14.2 Å². The zero-order chi connectivity index (χ0) is 30.5. The normalized spacial score (nSPS) is 25.1. The van der Waals surface area contributed by atoms with E-state index in [2.05, 4.69) is 21.2 Å². The van der Waals surface area contributed by atoms with Crippen molar-refractivity contribution in [1.82, 2.24) is 24.9 Å². The fourth-order valence-corrected chi connectivity index (χ4v) is 7.43. The molecule has 2 amide bonds. The number of hydrogen-bond donors (Lipinski definition) is 1. The maximum Gasteiger partial charge on any atom is 0.272 e. The zero-order valence-corrected chi connectivity index (χ0v) is 26.3. The number of rotatable bonds is 7. The van der Waals surface area contributed by atoms with Crippen LogP contribution in [0.25, 0.3) is 5.70 Å². The minimum Gasteiger partial charge on any atom is -0.493 e. The summed E-state index contributed by atoms with van der Waals surface area (Å²) in [5.41, 5.74) is 3.20. The molecule has 1 saturated carbocycles. The lowest BCUT2D eigenvalue weighted by Crippen LogP contribution is -2.50. The van der Waals surface area contributed by atoms with Gasteiger partial charge in [0.2, 0.25) is 5.91 Å². The second-order valence-electron chi connectivity index (χ2n) is 12.7. The van der Waals surface area contributed by atoms with Gasteiger partial charge in [-0.1, -0.05) is 18.6 Å². The topological polar surface area (TPSA) is 88.9 Å². The van der Waals surface area contributed by atoms with Gasteiger partial charge < -0.3 is 24.6 Å². The van der Waals surface area contributed by atoms with Crippen molar-refractivity contribution >= 4 is 17.5 Å². The summed E-state index contributed by atoms with van der Waals surface area (Å²) in [6.07, 6.45) is 17.3. The number of likely N-dealkylation sites (tertiary alicyclic amines) is 2. The van der Waals surface area contributed by atoms with Crippen LogP contribution in [0.3, 0.4) is 0 Å². The minimum absolute atomic E-state index is 0.0585. The Morgan fingerprint density at radius 3 is 2.36 bits per heavy atom. The molecular formula is C35H47N5O4. The first-order valence-electron chi connectivity index (χ1n) is 16.6. The zero-order valence-electron chi connectivity index (χ0n) is 26.3. The lowest BCUT2D eigenvalue weighted by molar-refractivity contribution is -0.138. The highest BCUT2D eigenvalue weighted by atomic mass is 16.5. The highest BCUT2D eigenvalue weighted by Gasteiger charge is 2.33. The van der Waals surface area contributed by atoms with Gasteiger partial charge in [-0.05, 0) is 108 Å². The smallest absolute Gasteiger partial charge is 0.272 e. The quantitative estimate of drug-likeness (QED) is 0.478. The molecule has 0 unspecified atom stereocenters. The molecule has 9 heteroatoms. The largest absolute Gasteiger partial charge is 0.493 e. The number of nitrogens with one attached hydrogen (secondary N) is 1. The number of piperidine rings is 2. The third-order valence-electron chi connectivity index (χ3n) is 9.98. The molecule has 3 aliphatic heterocycles. The number of benzene rings is 1. The van der Waals surface area contributed by atoms with Crippen molar-refractivity contribution in [1.29, 1.82) is 0 Å². The standard InChI is InChI=1S/C35H47N5O4/c1-43-32-16-13-26(23-33(32)44-2)31-10-6-3-5-9-29-24-30(37-40(29)31)34(41)36-27-14-11-25(12-15-27)35(42)39-21-17-28(18-22-39)38-19-7-4-8-20-38/h3,6,10,13,16,23-25,27-28H,4-5,7-9,11-12,14-15,17-22H2,1-2H3,(H,36,41)/b6-3-,31-10-. The second-order valence-corrected chi connectivity index (χ2v) is 12.7. The summed E-state index contributed by atoms with van der Waals surface area (Å²) in [6.45, 7) is 4.22. The molecule has 1 aromatic heterocycles. The van der Waals surface area contributed by atoms with Crippen LogP contribution >= 0.6 is 0 Å². The monoisotopic (exact) mass is 601 g/mol. The number of aromatic nitrogens is 2. The molecule has 0 radical (unpaired) electrons. The maximum absolute atomic E-state index is 13.4. The maximum atomic E-state index is 13.4. The van der Waals surface area contributed by atoms with Crippen LogP contribution in [0.15, 0.2) is 42.5 Å². The van der Waals surface area contributed by atoms with Crippen LogP contribution in [0.2, 0.25) is 0 Å². The Morgan fingerprint density at radius 1 is 0.886 bits per heavy atom. The Morgan fingerprint density at radius 2 is 1.64 bits per heavy atom. The fraction of sp³-hybridized carbons (Fsp3) is 0.571. The SMILES string of the molecule is COc1ccc(/C2=C/C=C\CCc3cc(C(=O)NC4CCC(C(=O)N5CCC(N6CCCCC6)CC5)CC4)nn32)cc1OC. The van der Waals surface area contributed by atoms with E-state index in [1.165, 1.54) is 32.4 Å². The molecule has 6 rings (SSSR count). The number of ether oxygens (including phenoxy) is 2. The van der Waals surface area contributed by atoms with Gasteiger partial charge in [0.1, 0.15) is 0 Å². The lowest BCUT2D eigenvalue weighted by Gasteiger charge is -2.41. The minimum atomic E-state index is -0.154. The number of carbonyl (C=O) groups excluding carboxylic acids is 2. The number of hydrogen-bond acceptors (Lipinski definition) is 6. The van der Waals surface area contributed by atoms with E-state index in [-0.39, 0.29) is 17.9 Å². The Bertz CT molecular complexity index is 1380. The van der Waals surface area contributed by atoms with Crippen LogP contribution in [-0.4, -0.2) is 83.9 Å². The first-order chi connectivity index (χ1) is 21.5. The number of allylic oxidation sites excluding steroid dienone is 3. The first-order valence-corrected chi connectivity index (χ1v) is 16.6. The van der Waals surface area contributed by atoms with Crippen LogP contribution in [0.1, 0.15) is 86.0 Å². The van der Waals surface area contributed by atoms with Crippen LogP contribution in [-0.2, 0) is 11.2 Å². The first kappa shape index (κ1) is 30.4. The van der Waals surface area contributed by atoms with Crippen LogP contribution in [0.4, 0.5) is 0 Å². The van der Waals surface area contributed by atoms with Gasteiger partial charge in [0, 0.05) is 42.3 Å². The van der Waals surface area contributed by atoms with Crippen LogP contribution < -0.4 is 14.8 Å². The van der Waals surface area contributed by atoms with Crippen molar-refractivity contribution in [3.05, 3.63) is 59.4 Å². The number of aryl methyl sites for hydroxylation is 1. The van der Waals surface area contributed by atoms with Crippen molar-refractivity contribution < 1.29 is 19.1 Å². The molecule has 1 aromatic carbocycles. The average molecular weight is 602 g/mol. The molecule has 4 heterocycles. The third kappa shape index (κ3) is 6.72. The van der Waals surface area contributed by atoms with Crippen LogP contribution in [0.5, 0.6) is 11.5 Å². The highest BCUT2D eigenvalue weighted by molar-refractivity contribution is 5.93.